The number of esters is 3. The number of ether oxygens (including phenoxy) is 3. The van der Waals surface area contributed by atoms with Crippen LogP contribution < -0.4 is 0 Å². The van der Waals surface area contributed by atoms with E-state index in [4.69, 9.17) is 14.2 Å². The van der Waals surface area contributed by atoms with Crippen molar-refractivity contribution < 1.29 is 28.6 Å². The lowest BCUT2D eigenvalue weighted by Gasteiger charge is -2.18. The first-order valence-corrected chi connectivity index (χ1v) is 24.9. The van der Waals surface area contributed by atoms with E-state index in [1.807, 2.05) is 0 Å². The molecule has 0 aliphatic heterocycles. The van der Waals surface area contributed by atoms with Crippen LogP contribution in [0.15, 0.2) is 0 Å². The molecular formula is C50H96O6. The molecule has 0 bridgehead atoms. The summed E-state index contributed by atoms with van der Waals surface area (Å²) in [7, 11) is 0. The van der Waals surface area contributed by atoms with Crippen LogP contribution in [-0.2, 0) is 28.6 Å². The normalized spacial score (nSPS) is 11.9. The molecule has 0 spiro atoms. The van der Waals surface area contributed by atoms with Gasteiger partial charge in [-0.1, -0.05) is 240 Å². The van der Waals surface area contributed by atoms with Crippen molar-refractivity contribution >= 4 is 17.9 Å². The monoisotopic (exact) mass is 793 g/mol. The molecule has 1 atom stereocenters. The molecule has 0 aromatic heterocycles. The van der Waals surface area contributed by atoms with E-state index in [0.29, 0.717) is 19.3 Å². The minimum Gasteiger partial charge on any atom is -0.462 e. The largest absolute Gasteiger partial charge is 0.462 e. The minimum absolute atomic E-state index is 0.0644. The van der Waals surface area contributed by atoms with Gasteiger partial charge in [0.05, 0.1) is 0 Å². The summed E-state index contributed by atoms with van der Waals surface area (Å²) < 4.78 is 16.7. The van der Waals surface area contributed by atoms with Crippen LogP contribution in [0.4, 0.5) is 0 Å². The Morgan fingerprint density at radius 2 is 0.589 bits per heavy atom. The maximum atomic E-state index is 12.7. The molecule has 0 N–H and O–H groups in total. The lowest BCUT2D eigenvalue weighted by Crippen LogP contribution is -2.30. The van der Waals surface area contributed by atoms with Gasteiger partial charge in [-0.3, -0.25) is 14.4 Å². The SMILES string of the molecule is CCCCCCCCCCCCCCCCCCCCCC(=O)OC[C@H](COC(=O)CCCCCCCCCCCC)OC(=O)CCCCCCCCC(C)C. The Morgan fingerprint density at radius 1 is 0.339 bits per heavy atom. The molecule has 0 aliphatic carbocycles. The van der Waals surface area contributed by atoms with Crippen molar-refractivity contribution in [1.29, 1.82) is 0 Å². The van der Waals surface area contributed by atoms with Crippen LogP contribution in [0.2, 0.25) is 0 Å². The van der Waals surface area contributed by atoms with Crippen LogP contribution in [0, 0.1) is 5.92 Å². The Labute approximate surface area is 348 Å². The highest BCUT2D eigenvalue weighted by atomic mass is 16.6. The molecule has 0 aromatic rings. The molecule has 0 aliphatic rings. The third-order valence-electron chi connectivity index (χ3n) is 11.3. The molecule has 0 unspecified atom stereocenters. The smallest absolute Gasteiger partial charge is 0.306 e. The molecular weight excluding hydrogens is 697 g/mol. The van der Waals surface area contributed by atoms with Crippen molar-refractivity contribution in [3.05, 3.63) is 0 Å². The summed E-state index contributed by atoms with van der Waals surface area (Å²) in [6, 6.07) is 0. The summed E-state index contributed by atoms with van der Waals surface area (Å²) >= 11 is 0. The van der Waals surface area contributed by atoms with E-state index in [0.717, 1.165) is 63.7 Å². The summed E-state index contributed by atoms with van der Waals surface area (Å²) in [5.74, 6) is -0.0968. The van der Waals surface area contributed by atoms with Gasteiger partial charge in [-0.25, -0.2) is 0 Å². The van der Waals surface area contributed by atoms with E-state index >= 15 is 0 Å². The molecule has 6 nitrogen and oxygen atoms in total. The van der Waals surface area contributed by atoms with Crippen molar-refractivity contribution in [1.82, 2.24) is 0 Å². The standard InChI is InChI=1S/C50H96O6/c1-5-7-9-11-13-15-17-18-19-20-21-22-23-24-25-27-29-34-38-42-49(52)55-45-47(56-50(53)43-39-35-31-30-32-36-40-46(3)4)44-54-48(51)41-37-33-28-26-16-14-12-10-8-6-2/h46-47H,5-45H2,1-4H3/t47-/m0/s1. The predicted octanol–water partition coefficient (Wildman–Crippen LogP) is 15.9. The Morgan fingerprint density at radius 3 is 0.875 bits per heavy atom. The van der Waals surface area contributed by atoms with Crippen molar-refractivity contribution in [2.75, 3.05) is 13.2 Å². The highest BCUT2D eigenvalue weighted by Crippen LogP contribution is 2.17. The van der Waals surface area contributed by atoms with E-state index in [1.165, 1.54) is 173 Å². The van der Waals surface area contributed by atoms with Gasteiger partial charge in [-0.15, -0.1) is 0 Å². The molecule has 0 saturated heterocycles. The van der Waals surface area contributed by atoms with Crippen LogP contribution in [-0.4, -0.2) is 37.2 Å². The first-order chi connectivity index (χ1) is 27.4. The molecule has 56 heavy (non-hydrogen) atoms. The number of rotatable bonds is 45. The molecule has 332 valence electrons. The highest BCUT2D eigenvalue weighted by Gasteiger charge is 2.19. The van der Waals surface area contributed by atoms with Gasteiger partial charge >= 0.3 is 17.9 Å². The van der Waals surface area contributed by atoms with Gasteiger partial charge in [-0.2, -0.15) is 0 Å². The average Bonchev–Trinajstić information content (AvgIpc) is 3.18. The zero-order chi connectivity index (χ0) is 41.0. The van der Waals surface area contributed by atoms with E-state index in [1.54, 1.807) is 0 Å². The van der Waals surface area contributed by atoms with Crippen molar-refractivity contribution in [2.45, 2.75) is 284 Å². The summed E-state index contributed by atoms with van der Waals surface area (Å²) in [5, 5.41) is 0. The molecule has 0 saturated carbocycles. The van der Waals surface area contributed by atoms with Gasteiger partial charge in [0, 0.05) is 19.3 Å². The number of hydrogen-bond acceptors (Lipinski definition) is 6. The highest BCUT2D eigenvalue weighted by molar-refractivity contribution is 5.71. The van der Waals surface area contributed by atoms with E-state index in [2.05, 4.69) is 27.7 Å². The van der Waals surface area contributed by atoms with Crippen molar-refractivity contribution in [3.8, 4) is 0 Å². The lowest BCUT2D eigenvalue weighted by molar-refractivity contribution is -0.167. The fourth-order valence-electron chi connectivity index (χ4n) is 7.51. The zero-order valence-electron chi connectivity index (χ0n) is 38.1. The van der Waals surface area contributed by atoms with Crippen molar-refractivity contribution in [3.63, 3.8) is 0 Å². The Kier molecular flexibility index (Phi) is 43.2. The first-order valence-electron chi connectivity index (χ1n) is 24.9. The maximum absolute atomic E-state index is 12.7. The van der Waals surface area contributed by atoms with Crippen LogP contribution in [0.1, 0.15) is 278 Å². The second kappa shape index (κ2) is 44.5. The Balaban J connectivity index is 4.18. The lowest BCUT2D eigenvalue weighted by atomic mass is 10.0. The number of unbranched alkanes of at least 4 members (excludes halogenated alkanes) is 32. The average molecular weight is 793 g/mol. The van der Waals surface area contributed by atoms with Crippen LogP contribution in [0.3, 0.4) is 0 Å². The predicted molar refractivity (Wildman–Crippen MR) is 238 cm³/mol. The fourth-order valence-corrected chi connectivity index (χ4v) is 7.51. The molecule has 0 fully saturated rings. The zero-order valence-corrected chi connectivity index (χ0v) is 38.1. The molecule has 0 radical (unpaired) electrons. The minimum atomic E-state index is -0.760. The van der Waals surface area contributed by atoms with Gasteiger partial charge in [0.1, 0.15) is 13.2 Å². The molecule has 0 aromatic carbocycles. The van der Waals surface area contributed by atoms with Crippen LogP contribution >= 0.6 is 0 Å². The summed E-state index contributed by atoms with van der Waals surface area (Å²) in [6.07, 6.45) is 45.4. The van der Waals surface area contributed by atoms with Crippen LogP contribution in [0.25, 0.3) is 0 Å². The van der Waals surface area contributed by atoms with Gasteiger partial charge in [0.15, 0.2) is 6.10 Å². The number of hydrogen-bond donors (Lipinski definition) is 0. The second-order valence-electron chi connectivity index (χ2n) is 17.6. The molecule has 6 heteroatoms. The quantitative estimate of drug-likeness (QED) is 0.0347. The summed E-state index contributed by atoms with van der Waals surface area (Å²) in [4.78, 5) is 37.7. The Bertz CT molecular complexity index is 841. The van der Waals surface area contributed by atoms with Gasteiger partial charge in [0.25, 0.3) is 0 Å². The maximum Gasteiger partial charge on any atom is 0.306 e. The molecule has 0 heterocycles. The summed E-state index contributed by atoms with van der Waals surface area (Å²) in [5.41, 5.74) is 0. The van der Waals surface area contributed by atoms with Gasteiger partial charge in [0.2, 0.25) is 0 Å². The van der Waals surface area contributed by atoms with Crippen LogP contribution in [0.5, 0.6) is 0 Å². The second-order valence-corrected chi connectivity index (χ2v) is 17.6. The first kappa shape index (κ1) is 54.4. The van der Waals surface area contributed by atoms with E-state index in [-0.39, 0.29) is 31.1 Å². The number of carbonyl (C=O) groups excluding carboxylic acids is 3. The molecule has 0 amide bonds. The van der Waals surface area contributed by atoms with Crippen molar-refractivity contribution in [2.24, 2.45) is 5.92 Å². The van der Waals surface area contributed by atoms with E-state index < -0.39 is 6.10 Å². The van der Waals surface area contributed by atoms with Gasteiger partial charge < -0.3 is 14.2 Å². The molecule has 0 rings (SSSR count). The fraction of sp³-hybridized carbons (Fsp3) is 0.940. The third kappa shape index (κ3) is 43.5. The van der Waals surface area contributed by atoms with Gasteiger partial charge in [-0.05, 0) is 25.2 Å². The van der Waals surface area contributed by atoms with E-state index in [9.17, 15) is 14.4 Å². The Hall–Kier alpha value is -1.59. The summed E-state index contributed by atoms with van der Waals surface area (Å²) in [6.45, 7) is 8.93. The topological polar surface area (TPSA) is 78.9 Å². The number of carbonyl (C=O) groups is 3. The third-order valence-corrected chi connectivity index (χ3v) is 11.3.